The average Bonchev–Trinajstić information content (AvgIpc) is 2.23. The van der Waals surface area contributed by atoms with Gasteiger partial charge in [0.05, 0.1) is 0 Å². The normalized spacial score (nSPS) is 7.88. The van der Waals surface area contributed by atoms with Crippen LogP contribution in [0.1, 0.15) is 41.5 Å². The Bertz CT molecular complexity index is 53.0. The van der Waals surface area contributed by atoms with Crippen LogP contribution in [0.3, 0.4) is 0 Å². The topological polar surface area (TPSA) is 36.1 Å². The predicted octanol–water partition coefficient (Wildman–Crippen LogP) is 1.84. The van der Waals surface area contributed by atoms with Crippen LogP contribution in [0, 0.1) is 0 Å². The van der Waals surface area contributed by atoms with Gasteiger partial charge in [0.15, 0.2) is 0 Å². The molecule has 0 amide bonds. The van der Waals surface area contributed by atoms with Crippen molar-refractivity contribution in [3.63, 3.8) is 0 Å². The molecular formula is C12H33CrN3. The fraction of sp³-hybridized carbons (Fsp3) is 1.00. The van der Waals surface area contributed by atoms with Gasteiger partial charge in [0, 0.05) is 17.4 Å². The Kier molecular flexibility index (Phi) is 57.2. The second-order valence-corrected chi connectivity index (χ2v) is 2.87. The number of rotatable bonds is 6. The third-order valence-electron chi connectivity index (χ3n) is 1.50. The standard InChI is InChI=1S/3C4H11N.Cr/c3*1-3-5-4-2;/h3*5H,3-4H2,1-2H3;. The van der Waals surface area contributed by atoms with Crippen molar-refractivity contribution >= 4 is 0 Å². The molecule has 0 radical (unpaired) electrons. The Labute approximate surface area is 114 Å². The van der Waals surface area contributed by atoms with Crippen LogP contribution in [0.2, 0.25) is 0 Å². The fourth-order valence-corrected chi connectivity index (χ4v) is 0.750. The van der Waals surface area contributed by atoms with Crippen molar-refractivity contribution in [1.29, 1.82) is 0 Å². The molecule has 0 rings (SSSR count). The minimum absolute atomic E-state index is 0. The van der Waals surface area contributed by atoms with Crippen molar-refractivity contribution in [3.8, 4) is 0 Å². The second-order valence-electron chi connectivity index (χ2n) is 2.87. The van der Waals surface area contributed by atoms with Gasteiger partial charge in [-0.1, -0.05) is 41.5 Å². The molecule has 0 atom stereocenters. The molecule has 102 valence electrons. The summed E-state index contributed by atoms with van der Waals surface area (Å²) < 4.78 is 0. The Morgan fingerprint density at radius 2 is 0.562 bits per heavy atom. The average molecular weight is 271 g/mol. The maximum atomic E-state index is 3.11. The van der Waals surface area contributed by atoms with Gasteiger partial charge >= 0.3 is 0 Å². The van der Waals surface area contributed by atoms with Crippen LogP contribution < -0.4 is 16.0 Å². The van der Waals surface area contributed by atoms with Crippen LogP contribution in [-0.4, -0.2) is 39.3 Å². The van der Waals surface area contributed by atoms with E-state index in [0.717, 1.165) is 39.3 Å². The maximum Gasteiger partial charge on any atom is 0 e. The van der Waals surface area contributed by atoms with Gasteiger partial charge in [-0.25, -0.2) is 0 Å². The van der Waals surface area contributed by atoms with Crippen molar-refractivity contribution in [2.75, 3.05) is 39.3 Å². The Hall–Kier alpha value is 0.412. The van der Waals surface area contributed by atoms with Crippen molar-refractivity contribution in [1.82, 2.24) is 16.0 Å². The Balaban J connectivity index is -0.0000000655. The van der Waals surface area contributed by atoms with E-state index in [-0.39, 0.29) is 17.4 Å². The quantitative estimate of drug-likeness (QED) is 0.690. The summed E-state index contributed by atoms with van der Waals surface area (Å²) in [5.41, 5.74) is 0. The minimum atomic E-state index is 0. The molecule has 0 aliphatic carbocycles. The second kappa shape index (κ2) is 36.1. The predicted molar refractivity (Wildman–Crippen MR) is 72.7 cm³/mol. The van der Waals surface area contributed by atoms with Crippen LogP contribution in [0.25, 0.3) is 0 Å². The van der Waals surface area contributed by atoms with E-state index in [9.17, 15) is 0 Å². The molecule has 0 heterocycles. The molecule has 3 N–H and O–H groups in total. The third kappa shape index (κ3) is 63.1. The third-order valence-corrected chi connectivity index (χ3v) is 1.50. The Morgan fingerprint density at radius 1 is 0.438 bits per heavy atom. The van der Waals surface area contributed by atoms with Crippen molar-refractivity contribution in [2.24, 2.45) is 0 Å². The summed E-state index contributed by atoms with van der Waals surface area (Å²) in [7, 11) is 0. The first kappa shape index (κ1) is 25.3. The molecule has 16 heavy (non-hydrogen) atoms. The summed E-state index contributed by atoms with van der Waals surface area (Å²) in [4.78, 5) is 0. The monoisotopic (exact) mass is 271 g/mol. The molecule has 0 saturated heterocycles. The van der Waals surface area contributed by atoms with Crippen LogP contribution in [-0.2, 0) is 17.4 Å². The maximum absolute atomic E-state index is 3.11. The van der Waals surface area contributed by atoms with Crippen LogP contribution >= 0.6 is 0 Å². The van der Waals surface area contributed by atoms with Crippen LogP contribution in [0.4, 0.5) is 0 Å². The first-order valence-corrected chi connectivity index (χ1v) is 6.36. The molecule has 0 unspecified atom stereocenters. The van der Waals surface area contributed by atoms with E-state index in [1.54, 1.807) is 0 Å². The summed E-state index contributed by atoms with van der Waals surface area (Å²) >= 11 is 0. The van der Waals surface area contributed by atoms with Gasteiger partial charge in [-0.2, -0.15) is 0 Å². The van der Waals surface area contributed by atoms with Gasteiger partial charge in [-0.3, -0.25) is 0 Å². The molecule has 0 aliphatic heterocycles. The van der Waals surface area contributed by atoms with E-state index in [4.69, 9.17) is 0 Å². The minimum Gasteiger partial charge on any atom is -0.317 e. The number of hydrogen-bond acceptors (Lipinski definition) is 3. The molecule has 0 aromatic rings. The van der Waals surface area contributed by atoms with E-state index < -0.39 is 0 Å². The molecule has 4 heteroatoms. The van der Waals surface area contributed by atoms with Gasteiger partial charge < -0.3 is 16.0 Å². The van der Waals surface area contributed by atoms with Crippen molar-refractivity contribution in [2.45, 2.75) is 41.5 Å². The van der Waals surface area contributed by atoms with Gasteiger partial charge in [0.25, 0.3) is 0 Å². The zero-order chi connectivity index (χ0) is 12.4. The van der Waals surface area contributed by atoms with E-state index in [0.29, 0.717) is 0 Å². The van der Waals surface area contributed by atoms with Gasteiger partial charge in [0.2, 0.25) is 0 Å². The first-order chi connectivity index (χ1) is 7.24. The van der Waals surface area contributed by atoms with Gasteiger partial charge in [-0.15, -0.1) is 0 Å². The molecule has 0 saturated carbocycles. The van der Waals surface area contributed by atoms with E-state index in [1.807, 2.05) is 0 Å². The first-order valence-electron chi connectivity index (χ1n) is 6.36. The molecule has 0 bridgehead atoms. The SMILES string of the molecule is CCNCC.CCNCC.CCNCC.[Cr]. The molecule has 3 nitrogen and oxygen atoms in total. The molecule has 0 fully saturated rings. The fourth-order valence-electron chi connectivity index (χ4n) is 0.750. The summed E-state index contributed by atoms with van der Waals surface area (Å²) in [6.45, 7) is 19.2. The van der Waals surface area contributed by atoms with Crippen LogP contribution in [0.15, 0.2) is 0 Å². The number of nitrogens with one attached hydrogen (secondary N) is 3. The zero-order valence-corrected chi connectivity index (χ0v) is 13.4. The van der Waals surface area contributed by atoms with Gasteiger partial charge in [-0.05, 0) is 39.3 Å². The van der Waals surface area contributed by atoms with Crippen molar-refractivity contribution in [3.05, 3.63) is 0 Å². The summed E-state index contributed by atoms with van der Waals surface area (Å²) in [5, 5.41) is 9.33. The van der Waals surface area contributed by atoms with E-state index in [1.165, 1.54) is 0 Å². The largest absolute Gasteiger partial charge is 0.317 e. The van der Waals surface area contributed by atoms with Crippen LogP contribution in [0.5, 0.6) is 0 Å². The van der Waals surface area contributed by atoms with E-state index in [2.05, 4.69) is 57.5 Å². The Morgan fingerprint density at radius 3 is 0.562 bits per heavy atom. The van der Waals surface area contributed by atoms with E-state index >= 15 is 0 Å². The van der Waals surface area contributed by atoms with Crippen molar-refractivity contribution < 1.29 is 17.4 Å². The zero-order valence-electron chi connectivity index (χ0n) is 12.2. The summed E-state index contributed by atoms with van der Waals surface area (Å²) in [5.74, 6) is 0. The summed E-state index contributed by atoms with van der Waals surface area (Å²) in [6.07, 6.45) is 0. The molecule has 0 aliphatic rings. The molecule has 0 aromatic heterocycles. The smallest absolute Gasteiger partial charge is 0 e. The molecular weight excluding hydrogens is 238 g/mol. The summed E-state index contributed by atoms with van der Waals surface area (Å²) in [6, 6.07) is 0. The molecule has 0 aromatic carbocycles. The number of hydrogen-bond donors (Lipinski definition) is 3. The van der Waals surface area contributed by atoms with Gasteiger partial charge in [0.1, 0.15) is 0 Å². The molecule has 0 spiro atoms.